The third kappa shape index (κ3) is 2.76. The number of urea groups is 1. The maximum Gasteiger partial charge on any atom is 0.322 e. The zero-order valence-corrected chi connectivity index (χ0v) is 12.9. The van der Waals surface area contributed by atoms with Crippen molar-refractivity contribution in [2.45, 2.75) is 6.04 Å². The van der Waals surface area contributed by atoms with Crippen LogP contribution in [-0.2, 0) is 4.79 Å². The maximum atomic E-state index is 13.1. The van der Waals surface area contributed by atoms with Gasteiger partial charge in [0.1, 0.15) is 11.9 Å². The van der Waals surface area contributed by atoms with Crippen LogP contribution < -0.4 is 10.6 Å². The first kappa shape index (κ1) is 15.1. The number of halogens is 1. The molecule has 2 aromatic carbocycles. The molecule has 1 aliphatic rings. The number of benzene rings is 2. The Morgan fingerprint density at radius 3 is 2.44 bits per heavy atom. The predicted molar refractivity (Wildman–Crippen MR) is 88.8 cm³/mol. The number of hydrogen-bond donors (Lipinski definition) is 3. The summed E-state index contributed by atoms with van der Waals surface area (Å²) in [7, 11) is 0. The number of aromatic nitrogens is 2. The highest BCUT2D eigenvalue weighted by atomic mass is 19.1. The first-order chi connectivity index (χ1) is 12.1. The Bertz CT molecular complexity index is 965. The Kier molecular flexibility index (Phi) is 3.53. The summed E-state index contributed by atoms with van der Waals surface area (Å²) in [6.45, 7) is 0. The van der Waals surface area contributed by atoms with Crippen LogP contribution in [0.1, 0.15) is 11.6 Å². The number of hydrogen-bond acceptors (Lipinski definition) is 3. The number of amides is 3. The SMILES string of the molecule is O=C1NC(=O)C(c2cn[nH]c2-c2cccc(-c3ccc(F)cc3)c2)N1. The molecule has 6 nitrogen and oxygen atoms in total. The quantitative estimate of drug-likeness (QED) is 0.643. The van der Waals surface area contributed by atoms with Crippen molar-refractivity contribution in [3.05, 3.63) is 66.1 Å². The molecule has 1 unspecified atom stereocenters. The van der Waals surface area contributed by atoms with Gasteiger partial charge < -0.3 is 5.32 Å². The number of nitrogens with one attached hydrogen (secondary N) is 3. The summed E-state index contributed by atoms with van der Waals surface area (Å²) in [4.78, 5) is 23.3. The van der Waals surface area contributed by atoms with Gasteiger partial charge in [0.05, 0.1) is 11.9 Å². The Labute approximate surface area is 142 Å². The van der Waals surface area contributed by atoms with E-state index in [0.29, 0.717) is 11.3 Å². The van der Waals surface area contributed by atoms with Crippen molar-refractivity contribution in [1.29, 1.82) is 0 Å². The van der Waals surface area contributed by atoms with Gasteiger partial charge >= 0.3 is 6.03 Å². The summed E-state index contributed by atoms with van der Waals surface area (Å²) in [5.74, 6) is -0.707. The third-order valence-electron chi connectivity index (χ3n) is 4.08. The van der Waals surface area contributed by atoms with E-state index >= 15 is 0 Å². The van der Waals surface area contributed by atoms with Crippen molar-refractivity contribution in [2.75, 3.05) is 0 Å². The predicted octanol–water partition coefficient (Wildman–Crippen LogP) is 2.76. The molecule has 0 spiro atoms. The molecule has 0 radical (unpaired) electrons. The first-order valence-corrected chi connectivity index (χ1v) is 7.63. The Morgan fingerprint density at radius 1 is 0.960 bits per heavy atom. The highest BCUT2D eigenvalue weighted by Crippen LogP contribution is 2.30. The van der Waals surface area contributed by atoms with Crippen molar-refractivity contribution in [3.8, 4) is 22.4 Å². The zero-order chi connectivity index (χ0) is 17.4. The monoisotopic (exact) mass is 336 g/mol. The third-order valence-corrected chi connectivity index (χ3v) is 4.08. The van der Waals surface area contributed by atoms with Crippen LogP contribution in [0.4, 0.5) is 9.18 Å². The molecule has 1 aromatic heterocycles. The highest BCUT2D eigenvalue weighted by molar-refractivity contribution is 6.05. The van der Waals surface area contributed by atoms with Crippen LogP contribution in [0.5, 0.6) is 0 Å². The van der Waals surface area contributed by atoms with Crippen molar-refractivity contribution in [2.24, 2.45) is 0 Å². The van der Waals surface area contributed by atoms with Crippen LogP contribution in [0.15, 0.2) is 54.7 Å². The van der Waals surface area contributed by atoms with Crippen LogP contribution in [0.25, 0.3) is 22.4 Å². The lowest BCUT2D eigenvalue weighted by Gasteiger charge is -2.09. The fourth-order valence-corrected chi connectivity index (χ4v) is 2.88. The largest absolute Gasteiger partial charge is 0.322 e. The topological polar surface area (TPSA) is 86.9 Å². The van der Waals surface area contributed by atoms with E-state index in [4.69, 9.17) is 0 Å². The molecule has 2 heterocycles. The molecule has 1 atom stereocenters. The summed E-state index contributed by atoms with van der Waals surface area (Å²) in [6.07, 6.45) is 1.52. The van der Waals surface area contributed by atoms with Gasteiger partial charge in [-0.3, -0.25) is 15.2 Å². The molecule has 0 saturated carbocycles. The first-order valence-electron chi connectivity index (χ1n) is 7.63. The Morgan fingerprint density at radius 2 is 1.72 bits per heavy atom. The van der Waals surface area contributed by atoms with E-state index in [1.54, 1.807) is 12.1 Å². The van der Waals surface area contributed by atoms with Crippen molar-refractivity contribution in [1.82, 2.24) is 20.8 Å². The van der Waals surface area contributed by atoms with Crippen LogP contribution in [-0.4, -0.2) is 22.1 Å². The Hall–Kier alpha value is -3.48. The second kappa shape index (κ2) is 5.86. The van der Waals surface area contributed by atoms with Gasteiger partial charge in [-0.15, -0.1) is 0 Å². The van der Waals surface area contributed by atoms with Gasteiger partial charge in [-0.05, 0) is 29.3 Å². The molecule has 1 fully saturated rings. The van der Waals surface area contributed by atoms with Crippen LogP contribution in [0, 0.1) is 5.82 Å². The smallest absolute Gasteiger partial charge is 0.322 e. The molecular formula is C18H13FN4O2. The van der Waals surface area contributed by atoms with Gasteiger partial charge in [-0.1, -0.05) is 30.3 Å². The van der Waals surface area contributed by atoms with E-state index in [-0.39, 0.29) is 5.82 Å². The molecule has 3 aromatic rings. The molecule has 0 aliphatic carbocycles. The lowest BCUT2D eigenvalue weighted by Crippen LogP contribution is -2.22. The van der Waals surface area contributed by atoms with E-state index in [2.05, 4.69) is 20.8 Å². The van der Waals surface area contributed by atoms with E-state index in [9.17, 15) is 14.0 Å². The van der Waals surface area contributed by atoms with Crippen LogP contribution in [0.2, 0.25) is 0 Å². The van der Waals surface area contributed by atoms with E-state index in [1.807, 2.05) is 24.3 Å². The minimum atomic E-state index is -0.782. The molecule has 3 N–H and O–H groups in total. The molecule has 7 heteroatoms. The molecule has 25 heavy (non-hydrogen) atoms. The lowest BCUT2D eigenvalue weighted by molar-refractivity contribution is -0.120. The van der Waals surface area contributed by atoms with Crippen molar-refractivity contribution >= 4 is 11.9 Å². The fourth-order valence-electron chi connectivity index (χ4n) is 2.88. The molecule has 1 saturated heterocycles. The summed E-state index contributed by atoms with van der Waals surface area (Å²) in [5, 5.41) is 11.7. The normalized spacial score (nSPS) is 16.6. The Balaban J connectivity index is 1.73. The minimum Gasteiger partial charge on any atom is -0.322 e. The second-order valence-corrected chi connectivity index (χ2v) is 5.68. The average molecular weight is 336 g/mol. The number of H-pyrrole nitrogens is 1. The number of carbonyl (C=O) groups is 2. The van der Waals surface area contributed by atoms with E-state index in [1.165, 1.54) is 18.3 Å². The molecular weight excluding hydrogens is 323 g/mol. The van der Waals surface area contributed by atoms with Crippen LogP contribution >= 0.6 is 0 Å². The van der Waals surface area contributed by atoms with E-state index < -0.39 is 18.0 Å². The van der Waals surface area contributed by atoms with Gasteiger partial charge in [0.25, 0.3) is 5.91 Å². The van der Waals surface area contributed by atoms with Crippen LogP contribution in [0.3, 0.4) is 0 Å². The summed E-state index contributed by atoms with van der Waals surface area (Å²) in [5.41, 5.74) is 3.81. The molecule has 124 valence electrons. The second-order valence-electron chi connectivity index (χ2n) is 5.68. The number of imide groups is 1. The van der Waals surface area contributed by atoms with Gasteiger partial charge in [-0.25, -0.2) is 9.18 Å². The number of rotatable bonds is 3. The molecule has 3 amide bonds. The lowest BCUT2D eigenvalue weighted by atomic mass is 9.98. The molecule has 1 aliphatic heterocycles. The number of aromatic amines is 1. The fraction of sp³-hybridized carbons (Fsp3) is 0.0556. The van der Waals surface area contributed by atoms with Gasteiger partial charge in [0.2, 0.25) is 0 Å². The van der Waals surface area contributed by atoms with E-state index in [0.717, 1.165) is 16.7 Å². The summed E-state index contributed by atoms with van der Waals surface area (Å²) >= 11 is 0. The summed E-state index contributed by atoms with van der Waals surface area (Å²) in [6, 6.07) is 12.5. The van der Waals surface area contributed by atoms with Gasteiger partial charge in [0.15, 0.2) is 0 Å². The zero-order valence-electron chi connectivity index (χ0n) is 12.9. The van der Waals surface area contributed by atoms with Gasteiger partial charge in [0, 0.05) is 11.1 Å². The highest BCUT2D eigenvalue weighted by Gasteiger charge is 2.33. The molecule has 4 rings (SSSR count). The summed E-state index contributed by atoms with van der Waals surface area (Å²) < 4.78 is 13.1. The number of carbonyl (C=O) groups excluding carboxylic acids is 2. The van der Waals surface area contributed by atoms with Crippen molar-refractivity contribution in [3.63, 3.8) is 0 Å². The standard InChI is InChI=1S/C18H13FN4O2/c19-13-6-4-10(5-7-13)11-2-1-3-12(8-11)15-14(9-20-23-15)16-17(24)22-18(25)21-16/h1-9,16H,(H,20,23)(H2,21,22,24,25). The molecule has 0 bridgehead atoms. The maximum absolute atomic E-state index is 13.1. The van der Waals surface area contributed by atoms with Crippen molar-refractivity contribution < 1.29 is 14.0 Å². The van der Waals surface area contributed by atoms with Gasteiger partial charge in [-0.2, -0.15) is 5.10 Å². The average Bonchev–Trinajstić information content (AvgIpc) is 3.21. The minimum absolute atomic E-state index is 0.293. The number of nitrogens with zero attached hydrogens (tertiary/aromatic N) is 1.